The molecular formula is C17H25NO7Si. The molecule has 1 aromatic carbocycles. The molecule has 8 nitrogen and oxygen atoms in total. The number of carbonyl (C=O) groups is 1. The van der Waals surface area contributed by atoms with Crippen LogP contribution in [0.2, 0.25) is 6.04 Å². The molecule has 9 heteroatoms. The number of morpholine rings is 1. The molecule has 0 spiro atoms. The van der Waals surface area contributed by atoms with E-state index in [0.717, 1.165) is 12.0 Å². The molecule has 0 unspecified atom stereocenters. The number of hydrogen-bond donors (Lipinski definition) is 0. The summed E-state index contributed by atoms with van der Waals surface area (Å²) in [4.78, 5) is 17.9. The molecule has 2 atom stereocenters. The van der Waals surface area contributed by atoms with E-state index in [1.807, 2.05) is 18.2 Å². The molecule has 0 saturated carbocycles. The predicted molar refractivity (Wildman–Crippen MR) is 93.0 cm³/mol. The van der Waals surface area contributed by atoms with Gasteiger partial charge in [0.2, 0.25) is 0 Å². The highest BCUT2D eigenvalue weighted by molar-refractivity contribution is 6.60. The molecule has 1 saturated heterocycles. The summed E-state index contributed by atoms with van der Waals surface area (Å²) in [6.45, 7) is 0.311. The summed E-state index contributed by atoms with van der Waals surface area (Å²) < 4.78 is 27.2. The number of fused-ring (bicyclic) bond motifs is 3. The Balaban J connectivity index is 1.55. The second-order valence-corrected chi connectivity index (χ2v) is 9.21. The number of hydroxylamine groups is 2. The smallest absolute Gasteiger partial charge is 0.377 e. The highest BCUT2D eigenvalue weighted by atomic mass is 28.4. The number of hydrogen-bond acceptors (Lipinski definition) is 7. The van der Waals surface area contributed by atoms with Crippen LogP contribution in [0.25, 0.3) is 0 Å². The second-order valence-electron chi connectivity index (χ2n) is 6.12. The molecule has 1 aliphatic heterocycles. The minimum Gasteiger partial charge on any atom is -0.377 e. The Morgan fingerprint density at radius 3 is 2.65 bits per heavy atom. The summed E-state index contributed by atoms with van der Waals surface area (Å²) >= 11 is 0. The molecule has 0 aromatic heterocycles. The molecule has 3 rings (SSSR count). The summed E-state index contributed by atoms with van der Waals surface area (Å²) in [6.07, 6.45) is 0.694. The topological polar surface area (TPSA) is 75.7 Å². The number of rotatable bonds is 9. The summed E-state index contributed by atoms with van der Waals surface area (Å²) in [5, 5.41) is 1.40. The van der Waals surface area contributed by atoms with Crippen molar-refractivity contribution in [2.45, 2.75) is 24.6 Å². The van der Waals surface area contributed by atoms with Gasteiger partial charge in [0.05, 0.1) is 12.7 Å². The van der Waals surface area contributed by atoms with E-state index in [2.05, 4.69) is 6.07 Å². The summed E-state index contributed by atoms with van der Waals surface area (Å²) in [5.74, 6) is -0.207. The average Bonchev–Trinajstić information content (AvgIpc) is 3.05. The molecule has 1 fully saturated rings. The van der Waals surface area contributed by atoms with Crippen molar-refractivity contribution >= 4 is 14.7 Å². The van der Waals surface area contributed by atoms with Crippen LogP contribution in [0.5, 0.6) is 0 Å². The number of benzene rings is 1. The molecule has 1 amide bonds. The lowest BCUT2D eigenvalue weighted by Crippen LogP contribution is -2.47. The Kier molecular flexibility index (Phi) is 6.40. The van der Waals surface area contributed by atoms with Gasteiger partial charge in [-0.05, 0) is 11.1 Å². The third-order valence-corrected chi connectivity index (χ3v) is 7.51. The zero-order valence-corrected chi connectivity index (χ0v) is 16.3. The van der Waals surface area contributed by atoms with Gasteiger partial charge in [-0.3, -0.25) is 4.79 Å². The van der Waals surface area contributed by atoms with E-state index < -0.39 is 8.80 Å². The monoisotopic (exact) mass is 383 g/mol. The summed E-state index contributed by atoms with van der Waals surface area (Å²) in [7, 11) is 2.00. The lowest BCUT2D eigenvalue weighted by molar-refractivity contribution is -0.266. The third-order valence-electron chi connectivity index (χ3n) is 4.83. The van der Waals surface area contributed by atoms with E-state index in [9.17, 15) is 4.79 Å². The molecule has 1 aliphatic carbocycles. The van der Waals surface area contributed by atoms with Crippen LogP contribution < -0.4 is 0 Å². The molecule has 144 valence electrons. The molecule has 0 bridgehead atoms. The normalized spacial score (nSPS) is 22.4. The molecule has 26 heavy (non-hydrogen) atoms. The van der Waals surface area contributed by atoms with Crippen LogP contribution in [-0.4, -0.2) is 67.2 Å². The van der Waals surface area contributed by atoms with Crippen molar-refractivity contribution in [3.05, 3.63) is 35.4 Å². The number of nitrogens with zero attached hydrogens (tertiary/aromatic N) is 1. The molecule has 2 aliphatic rings. The van der Waals surface area contributed by atoms with Gasteiger partial charge >= 0.3 is 8.80 Å². The van der Waals surface area contributed by atoms with Gasteiger partial charge in [-0.1, -0.05) is 24.3 Å². The van der Waals surface area contributed by atoms with Crippen LogP contribution in [0, 0.1) is 0 Å². The quantitative estimate of drug-likeness (QED) is 0.361. The van der Waals surface area contributed by atoms with Crippen molar-refractivity contribution in [2.75, 3.05) is 41.3 Å². The Bertz CT molecular complexity index is 617. The maximum absolute atomic E-state index is 12.3. The van der Waals surface area contributed by atoms with E-state index in [1.165, 1.54) is 10.6 Å². The lowest BCUT2D eigenvalue weighted by atomic mass is 10.1. The standard InChI is InChI=1S/C17H25NO7Si/c1-20-26(21-2,22-3)9-8-23-12-25-18-16(19)11-24-15-10-13-6-4-5-7-14(13)17(15)18/h4-7,15,17H,8-12H2,1-3H3/t15-,17+/m0/s1. The van der Waals surface area contributed by atoms with Crippen molar-refractivity contribution < 1.29 is 32.4 Å². The Hall–Kier alpha value is -1.33. The van der Waals surface area contributed by atoms with E-state index in [-0.39, 0.29) is 31.5 Å². The first kappa shape index (κ1) is 19.4. The van der Waals surface area contributed by atoms with Crippen molar-refractivity contribution in [3.63, 3.8) is 0 Å². The predicted octanol–water partition coefficient (Wildman–Crippen LogP) is 1.29. The van der Waals surface area contributed by atoms with Gasteiger partial charge in [0.15, 0.2) is 6.79 Å². The maximum Gasteiger partial charge on any atom is 0.502 e. The zero-order valence-electron chi connectivity index (χ0n) is 15.3. The fourth-order valence-corrected chi connectivity index (χ4v) is 4.93. The van der Waals surface area contributed by atoms with Gasteiger partial charge in [-0.15, -0.1) is 0 Å². The van der Waals surface area contributed by atoms with Gasteiger partial charge < -0.3 is 22.8 Å². The largest absolute Gasteiger partial charge is 0.502 e. The average molecular weight is 383 g/mol. The van der Waals surface area contributed by atoms with Crippen LogP contribution in [0.3, 0.4) is 0 Å². The highest BCUT2D eigenvalue weighted by Gasteiger charge is 2.44. The van der Waals surface area contributed by atoms with Gasteiger partial charge in [-0.2, -0.15) is 0 Å². The fraction of sp³-hybridized carbons (Fsp3) is 0.588. The Labute approximate surface area is 154 Å². The maximum atomic E-state index is 12.3. The molecule has 1 heterocycles. The van der Waals surface area contributed by atoms with Gasteiger partial charge in [0, 0.05) is 33.8 Å². The Morgan fingerprint density at radius 2 is 1.92 bits per heavy atom. The molecule has 1 aromatic rings. The second kappa shape index (κ2) is 8.57. The van der Waals surface area contributed by atoms with E-state index >= 15 is 0 Å². The molecular weight excluding hydrogens is 358 g/mol. The van der Waals surface area contributed by atoms with Crippen LogP contribution in [0.4, 0.5) is 0 Å². The van der Waals surface area contributed by atoms with E-state index in [1.54, 1.807) is 21.3 Å². The number of ether oxygens (including phenoxy) is 2. The van der Waals surface area contributed by atoms with Gasteiger partial charge in [0.1, 0.15) is 12.6 Å². The van der Waals surface area contributed by atoms with Crippen LogP contribution >= 0.6 is 0 Å². The fourth-order valence-electron chi connectivity index (χ4n) is 3.42. The van der Waals surface area contributed by atoms with E-state index in [4.69, 9.17) is 27.6 Å². The summed E-state index contributed by atoms with van der Waals surface area (Å²) in [6, 6.07) is 8.27. The zero-order chi connectivity index (χ0) is 18.6. The van der Waals surface area contributed by atoms with Crippen LogP contribution in [-0.2, 0) is 38.8 Å². The van der Waals surface area contributed by atoms with Gasteiger partial charge in [-0.25, -0.2) is 9.90 Å². The first-order valence-electron chi connectivity index (χ1n) is 8.51. The highest BCUT2D eigenvalue weighted by Crippen LogP contribution is 2.40. The first-order valence-corrected chi connectivity index (χ1v) is 10.4. The van der Waals surface area contributed by atoms with Crippen molar-refractivity contribution in [1.29, 1.82) is 0 Å². The Morgan fingerprint density at radius 1 is 1.19 bits per heavy atom. The minimum atomic E-state index is -2.67. The lowest BCUT2D eigenvalue weighted by Gasteiger charge is -2.36. The van der Waals surface area contributed by atoms with Crippen LogP contribution in [0.1, 0.15) is 17.2 Å². The van der Waals surface area contributed by atoms with Crippen molar-refractivity contribution in [1.82, 2.24) is 5.06 Å². The molecule has 0 N–H and O–H groups in total. The third kappa shape index (κ3) is 3.84. The molecule has 0 radical (unpaired) electrons. The van der Waals surface area contributed by atoms with E-state index in [0.29, 0.717) is 12.7 Å². The minimum absolute atomic E-state index is 0.0161. The van der Waals surface area contributed by atoms with Crippen molar-refractivity contribution in [2.24, 2.45) is 0 Å². The van der Waals surface area contributed by atoms with Gasteiger partial charge in [0.25, 0.3) is 5.91 Å². The first-order chi connectivity index (χ1) is 12.6. The summed E-state index contributed by atoms with van der Waals surface area (Å²) in [5.41, 5.74) is 2.25. The SMILES string of the molecule is CO[Si](CCOCON1C(=O)CO[C@H]2Cc3ccccc3[C@H]21)(OC)OC. The number of amides is 1. The van der Waals surface area contributed by atoms with Crippen LogP contribution in [0.15, 0.2) is 24.3 Å². The number of carbonyl (C=O) groups excluding carboxylic acids is 1. The van der Waals surface area contributed by atoms with Crippen molar-refractivity contribution in [3.8, 4) is 0 Å².